The molecule has 1 heterocycles. The van der Waals surface area contributed by atoms with Crippen molar-refractivity contribution in [2.75, 3.05) is 7.11 Å². The number of nitriles is 1. The van der Waals surface area contributed by atoms with Gasteiger partial charge in [-0.05, 0) is 23.8 Å². The SMILES string of the molecule is COc1ccc(/C=C(/C#N)C(=O)OCc2nc(-c3ccccc3)cs2)cc1. The topological polar surface area (TPSA) is 72.2 Å². The van der Waals surface area contributed by atoms with E-state index in [0.717, 1.165) is 11.3 Å². The summed E-state index contributed by atoms with van der Waals surface area (Å²) in [5, 5.41) is 11.8. The van der Waals surface area contributed by atoms with Gasteiger partial charge in [-0.2, -0.15) is 5.26 Å². The van der Waals surface area contributed by atoms with Crippen molar-refractivity contribution in [2.24, 2.45) is 0 Å². The highest BCUT2D eigenvalue weighted by Gasteiger charge is 2.13. The molecule has 0 fully saturated rings. The third-order valence-corrected chi connectivity index (χ3v) is 4.54. The van der Waals surface area contributed by atoms with Crippen LogP contribution in [0.5, 0.6) is 5.75 Å². The molecule has 6 heteroatoms. The van der Waals surface area contributed by atoms with Crippen LogP contribution in [0.3, 0.4) is 0 Å². The molecule has 0 saturated carbocycles. The lowest BCUT2D eigenvalue weighted by molar-refractivity contribution is -0.139. The lowest BCUT2D eigenvalue weighted by atomic mass is 10.1. The van der Waals surface area contributed by atoms with Crippen LogP contribution >= 0.6 is 11.3 Å². The van der Waals surface area contributed by atoms with Crippen LogP contribution in [0, 0.1) is 11.3 Å². The predicted octanol–water partition coefficient (Wildman–Crippen LogP) is 4.47. The molecule has 3 aromatic rings. The highest BCUT2D eigenvalue weighted by Crippen LogP contribution is 2.22. The zero-order valence-corrected chi connectivity index (χ0v) is 15.4. The van der Waals surface area contributed by atoms with Crippen LogP contribution in [0.1, 0.15) is 10.6 Å². The molecular weight excluding hydrogens is 360 g/mol. The number of thiazole rings is 1. The number of hydrogen-bond donors (Lipinski definition) is 0. The molecule has 134 valence electrons. The highest BCUT2D eigenvalue weighted by molar-refractivity contribution is 7.09. The van der Waals surface area contributed by atoms with E-state index in [-0.39, 0.29) is 12.2 Å². The van der Waals surface area contributed by atoms with Crippen molar-refractivity contribution >= 4 is 23.4 Å². The van der Waals surface area contributed by atoms with Gasteiger partial charge in [0, 0.05) is 10.9 Å². The maximum absolute atomic E-state index is 12.2. The average molecular weight is 376 g/mol. The van der Waals surface area contributed by atoms with Crippen molar-refractivity contribution < 1.29 is 14.3 Å². The summed E-state index contributed by atoms with van der Waals surface area (Å²) in [5.41, 5.74) is 2.48. The predicted molar refractivity (Wildman–Crippen MR) is 104 cm³/mol. The van der Waals surface area contributed by atoms with Crippen molar-refractivity contribution in [3.8, 4) is 23.1 Å². The number of methoxy groups -OCH3 is 1. The summed E-state index contributed by atoms with van der Waals surface area (Å²) < 4.78 is 10.3. The van der Waals surface area contributed by atoms with Gasteiger partial charge in [-0.1, -0.05) is 42.5 Å². The minimum Gasteiger partial charge on any atom is -0.497 e. The maximum Gasteiger partial charge on any atom is 0.349 e. The number of ether oxygens (including phenoxy) is 2. The number of carbonyl (C=O) groups is 1. The summed E-state index contributed by atoms with van der Waals surface area (Å²) in [6, 6.07) is 18.7. The molecule has 0 bridgehead atoms. The molecule has 5 nitrogen and oxygen atoms in total. The number of carbonyl (C=O) groups excluding carboxylic acids is 1. The highest BCUT2D eigenvalue weighted by atomic mass is 32.1. The lowest BCUT2D eigenvalue weighted by Gasteiger charge is -2.02. The smallest absolute Gasteiger partial charge is 0.349 e. The van der Waals surface area contributed by atoms with Gasteiger partial charge < -0.3 is 9.47 Å². The second-order valence-electron chi connectivity index (χ2n) is 5.51. The molecule has 0 N–H and O–H groups in total. The fourth-order valence-corrected chi connectivity index (χ4v) is 3.04. The number of esters is 1. The molecule has 0 spiro atoms. The molecule has 2 aromatic carbocycles. The number of hydrogen-bond acceptors (Lipinski definition) is 6. The molecule has 3 rings (SSSR count). The van der Waals surface area contributed by atoms with Gasteiger partial charge in [0.05, 0.1) is 12.8 Å². The Balaban J connectivity index is 1.64. The van der Waals surface area contributed by atoms with Crippen molar-refractivity contribution in [3.05, 3.63) is 76.1 Å². The summed E-state index contributed by atoms with van der Waals surface area (Å²) in [6.45, 7) is 0.0258. The molecule has 0 aliphatic heterocycles. The Bertz CT molecular complexity index is 986. The minimum absolute atomic E-state index is 0.0258. The third-order valence-electron chi connectivity index (χ3n) is 3.72. The van der Waals surface area contributed by atoms with Crippen LogP contribution < -0.4 is 4.74 Å². The van der Waals surface area contributed by atoms with Crippen LogP contribution in [0.25, 0.3) is 17.3 Å². The normalized spacial score (nSPS) is 10.9. The van der Waals surface area contributed by atoms with E-state index in [1.807, 2.05) is 41.8 Å². The first kappa shape index (κ1) is 18.4. The average Bonchev–Trinajstić information content (AvgIpc) is 3.20. The third kappa shape index (κ3) is 4.81. The number of rotatable bonds is 6. The van der Waals surface area contributed by atoms with E-state index in [1.165, 1.54) is 17.4 Å². The number of aromatic nitrogens is 1. The molecule has 0 aliphatic carbocycles. The molecule has 0 aliphatic rings. The minimum atomic E-state index is -0.676. The first-order valence-corrected chi connectivity index (χ1v) is 9.00. The van der Waals surface area contributed by atoms with Gasteiger partial charge in [0.15, 0.2) is 0 Å². The summed E-state index contributed by atoms with van der Waals surface area (Å²) in [7, 11) is 1.57. The summed E-state index contributed by atoms with van der Waals surface area (Å²) >= 11 is 1.41. The van der Waals surface area contributed by atoms with E-state index < -0.39 is 5.97 Å². The van der Waals surface area contributed by atoms with Crippen molar-refractivity contribution in [3.63, 3.8) is 0 Å². The van der Waals surface area contributed by atoms with Gasteiger partial charge >= 0.3 is 5.97 Å². The Kier molecular flexibility index (Phi) is 5.98. The Morgan fingerprint density at radius 1 is 1.19 bits per heavy atom. The largest absolute Gasteiger partial charge is 0.497 e. The second kappa shape index (κ2) is 8.79. The van der Waals surface area contributed by atoms with Crippen molar-refractivity contribution in [1.29, 1.82) is 5.26 Å². The van der Waals surface area contributed by atoms with Gasteiger partial charge in [0.25, 0.3) is 0 Å². The molecule has 0 unspecified atom stereocenters. The summed E-state index contributed by atoms with van der Waals surface area (Å²) in [6.07, 6.45) is 1.49. The Morgan fingerprint density at radius 2 is 1.93 bits per heavy atom. The van der Waals surface area contributed by atoms with E-state index >= 15 is 0 Å². The standard InChI is InChI=1S/C21H16N2O3S/c1-25-18-9-7-15(8-10-18)11-17(12-22)21(24)26-13-20-23-19(14-27-20)16-5-3-2-4-6-16/h2-11,14H,13H2,1H3/b17-11-. The Morgan fingerprint density at radius 3 is 2.59 bits per heavy atom. The van der Waals surface area contributed by atoms with E-state index in [0.29, 0.717) is 16.3 Å². The zero-order chi connectivity index (χ0) is 19.1. The second-order valence-corrected chi connectivity index (χ2v) is 6.45. The van der Waals surface area contributed by atoms with Gasteiger partial charge in [0.1, 0.15) is 29.0 Å². The van der Waals surface area contributed by atoms with Crippen molar-refractivity contribution in [1.82, 2.24) is 4.98 Å². The fourth-order valence-electron chi connectivity index (χ4n) is 2.33. The van der Waals surface area contributed by atoms with E-state index in [4.69, 9.17) is 9.47 Å². The van der Waals surface area contributed by atoms with Crippen LogP contribution in [0.15, 0.2) is 65.6 Å². The van der Waals surface area contributed by atoms with Crippen LogP contribution in [0.2, 0.25) is 0 Å². The zero-order valence-electron chi connectivity index (χ0n) is 14.6. The summed E-state index contributed by atoms with van der Waals surface area (Å²) in [5.74, 6) is 0.0241. The maximum atomic E-state index is 12.2. The molecule has 0 saturated heterocycles. The molecule has 0 radical (unpaired) electrons. The van der Waals surface area contributed by atoms with Gasteiger partial charge in [0.2, 0.25) is 0 Å². The molecule has 0 amide bonds. The first-order valence-electron chi connectivity index (χ1n) is 8.12. The monoisotopic (exact) mass is 376 g/mol. The van der Waals surface area contributed by atoms with Crippen LogP contribution in [-0.2, 0) is 16.1 Å². The molecular formula is C21H16N2O3S. The number of benzene rings is 2. The van der Waals surface area contributed by atoms with E-state index in [1.54, 1.807) is 31.4 Å². The molecule has 27 heavy (non-hydrogen) atoms. The first-order chi connectivity index (χ1) is 13.2. The fraction of sp³-hybridized carbons (Fsp3) is 0.0952. The van der Waals surface area contributed by atoms with Gasteiger partial charge in [-0.3, -0.25) is 0 Å². The van der Waals surface area contributed by atoms with Gasteiger partial charge in [-0.25, -0.2) is 9.78 Å². The molecule has 0 atom stereocenters. The number of nitrogens with zero attached hydrogens (tertiary/aromatic N) is 2. The van der Waals surface area contributed by atoms with Crippen LogP contribution in [-0.4, -0.2) is 18.1 Å². The van der Waals surface area contributed by atoms with E-state index in [2.05, 4.69) is 4.98 Å². The van der Waals surface area contributed by atoms with E-state index in [9.17, 15) is 10.1 Å². The van der Waals surface area contributed by atoms with Gasteiger partial charge in [-0.15, -0.1) is 11.3 Å². The quantitative estimate of drug-likeness (QED) is 0.361. The molecule has 1 aromatic heterocycles. The lowest BCUT2D eigenvalue weighted by Crippen LogP contribution is -2.06. The Hall–Kier alpha value is -3.43. The van der Waals surface area contributed by atoms with Crippen molar-refractivity contribution in [2.45, 2.75) is 6.61 Å². The summed E-state index contributed by atoms with van der Waals surface area (Å²) in [4.78, 5) is 16.7. The Labute approximate surface area is 161 Å². The van der Waals surface area contributed by atoms with Crippen LogP contribution in [0.4, 0.5) is 0 Å².